The fourth-order valence-electron chi connectivity index (χ4n) is 3.35. The average Bonchev–Trinajstić information content (AvgIpc) is 3.07. The van der Waals surface area contributed by atoms with Crippen LogP contribution in [0.5, 0.6) is 0 Å². The van der Waals surface area contributed by atoms with E-state index in [0.717, 1.165) is 19.3 Å². The molecule has 2 fully saturated rings. The Bertz CT molecular complexity index is 697. The number of benzene rings is 1. The third-order valence-corrected chi connectivity index (χ3v) is 5.23. The van der Waals surface area contributed by atoms with E-state index < -0.39 is 9.84 Å². The number of hydrogen-bond donors (Lipinski definition) is 0. The second-order valence-corrected chi connectivity index (χ2v) is 8.58. The Hall–Kier alpha value is -1.44. The number of nitrogens with zero attached hydrogens (tertiary/aromatic N) is 1. The largest absolute Gasteiger partial charge is 0.348 e. The molecule has 1 unspecified atom stereocenters. The number of amides is 1. The minimum atomic E-state index is -3.13. The van der Waals surface area contributed by atoms with Gasteiger partial charge in [-0.1, -0.05) is 12.1 Å². The molecule has 0 N–H and O–H groups in total. The van der Waals surface area contributed by atoms with Crippen LogP contribution in [-0.4, -0.2) is 57.6 Å². The highest BCUT2D eigenvalue weighted by Crippen LogP contribution is 2.26. The normalized spacial score (nSPS) is 22.7. The molecule has 1 aromatic carbocycles. The lowest BCUT2D eigenvalue weighted by Gasteiger charge is -2.38. The predicted octanol–water partition coefficient (Wildman–Crippen LogP) is 1.60. The molecule has 7 heteroatoms. The third-order valence-electron chi connectivity index (χ3n) is 4.37. The van der Waals surface area contributed by atoms with Gasteiger partial charge in [-0.25, -0.2) is 8.42 Å². The van der Waals surface area contributed by atoms with Crippen molar-refractivity contribution in [2.24, 2.45) is 0 Å². The van der Waals surface area contributed by atoms with Gasteiger partial charge in [0, 0.05) is 18.4 Å². The molecule has 132 valence electrons. The molecule has 2 heterocycles. The van der Waals surface area contributed by atoms with Gasteiger partial charge in [-0.2, -0.15) is 0 Å². The summed E-state index contributed by atoms with van der Waals surface area (Å²) in [7, 11) is -3.13. The molecule has 3 rings (SSSR count). The van der Waals surface area contributed by atoms with Crippen LogP contribution in [0, 0.1) is 0 Å². The summed E-state index contributed by atoms with van der Waals surface area (Å²) in [4.78, 5) is 14.8. The van der Waals surface area contributed by atoms with Crippen LogP contribution in [-0.2, 0) is 25.1 Å². The number of hydrogen-bond acceptors (Lipinski definition) is 5. The molecule has 0 spiro atoms. The Morgan fingerprint density at radius 2 is 2.00 bits per heavy atom. The maximum Gasteiger partial charge on any atom is 0.254 e. The molecule has 0 bridgehead atoms. The molecular weight excluding hydrogens is 330 g/mol. The zero-order valence-electron chi connectivity index (χ0n) is 13.8. The molecule has 0 saturated carbocycles. The molecule has 2 saturated heterocycles. The Morgan fingerprint density at radius 1 is 1.25 bits per heavy atom. The number of carbonyl (C=O) groups is 1. The van der Waals surface area contributed by atoms with Crippen LogP contribution in [0.3, 0.4) is 0 Å². The lowest BCUT2D eigenvalue weighted by atomic mass is 10.00. The summed E-state index contributed by atoms with van der Waals surface area (Å²) < 4.78 is 34.2. The predicted molar refractivity (Wildman–Crippen MR) is 89.4 cm³/mol. The molecule has 1 aromatic rings. The Kier molecular flexibility index (Phi) is 5.22. The van der Waals surface area contributed by atoms with Gasteiger partial charge in [-0.15, -0.1) is 0 Å². The monoisotopic (exact) mass is 353 g/mol. The van der Waals surface area contributed by atoms with Crippen LogP contribution < -0.4 is 0 Å². The van der Waals surface area contributed by atoms with Crippen molar-refractivity contribution >= 4 is 15.7 Å². The van der Waals surface area contributed by atoms with E-state index in [1.54, 1.807) is 24.3 Å². The van der Waals surface area contributed by atoms with Crippen molar-refractivity contribution in [2.75, 3.05) is 26.0 Å². The molecule has 2 aliphatic heterocycles. The van der Waals surface area contributed by atoms with Crippen LogP contribution in [0.15, 0.2) is 24.3 Å². The highest BCUT2D eigenvalue weighted by Gasteiger charge is 2.36. The van der Waals surface area contributed by atoms with Crippen LogP contribution >= 0.6 is 0 Å². The average molecular weight is 353 g/mol. The summed E-state index contributed by atoms with van der Waals surface area (Å²) in [6.45, 7) is 1.79. The zero-order chi connectivity index (χ0) is 17.2. The highest BCUT2D eigenvalue weighted by molar-refractivity contribution is 7.89. The molecule has 6 nitrogen and oxygen atoms in total. The fraction of sp³-hybridized carbons (Fsp3) is 0.588. The minimum Gasteiger partial charge on any atom is -0.348 e. The van der Waals surface area contributed by atoms with Crippen molar-refractivity contribution in [1.29, 1.82) is 0 Å². The quantitative estimate of drug-likeness (QED) is 0.822. The van der Waals surface area contributed by atoms with Gasteiger partial charge in [0.25, 0.3) is 5.91 Å². The Balaban J connectivity index is 1.80. The standard InChI is InChI=1S/C17H23NO5S/c1-24(20,21)12-13-5-4-6-14(11-13)16(19)18-8-3-2-7-15(18)17-22-9-10-23-17/h4-6,11,15,17H,2-3,7-10,12H2,1H3. The highest BCUT2D eigenvalue weighted by atomic mass is 32.2. The molecule has 1 amide bonds. The summed E-state index contributed by atoms with van der Waals surface area (Å²) in [5.41, 5.74) is 1.14. The van der Waals surface area contributed by atoms with Crippen LogP contribution in [0.4, 0.5) is 0 Å². The lowest BCUT2D eigenvalue weighted by molar-refractivity contribution is -0.100. The molecular formula is C17H23NO5S. The van der Waals surface area contributed by atoms with Gasteiger partial charge in [0.2, 0.25) is 0 Å². The zero-order valence-corrected chi connectivity index (χ0v) is 14.6. The molecule has 0 aromatic heterocycles. The van der Waals surface area contributed by atoms with Gasteiger partial charge >= 0.3 is 0 Å². The molecule has 0 radical (unpaired) electrons. The number of carbonyl (C=O) groups excluding carboxylic acids is 1. The summed E-state index contributed by atoms with van der Waals surface area (Å²) in [6, 6.07) is 6.79. The second-order valence-electron chi connectivity index (χ2n) is 6.44. The van der Waals surface area contributed by atoms with Gasteiger partial charge < -0.3 is 14.4 Å². The van der Waals surface area contributed by atoms with Gasteiger partial charge in [-0.3, -0.25) is 4.79 Å². The van der Waals surface area contributed by atoms with Crippen molar-refractivity contribution in [3.8, 4) is 0 Å². The first-order valence-corrected chi connectivity index (χ1v) is 10.3. The van der Waals surface area contributed by atoms with Crippen LogP contribution in [0.1, 0.15) is 35.2 Å². The fourth-order valence-corrected chi connectivity index (χ4v) is 4.14. The van der Waals surface area contributed by atoms with Crippen LogP contribution in [0.2, 0.25) is 0 Å². The topological polar surface area (TPSA) is 72.9 Å². The number of rotatable bonds is 4. The Labute approximate surface area is 142 Å². The van der Waals surface area contributed by atoms with Gasteiger partial charge in [0.15, 0.2) is 16.1 Å². The lowest BCUT2D eigenvalue weighted by Crippen LogP contribution is -2.50. The van der Waals surface area contributed by atoms with Crippen LogP contribution in [0.25, 0.3) is 0 Å². The molecule has 24 heavy (non-hydrogen) atoms. The molecule has 1 atom stereocenters. The first kappa shape index (κ1) is 17.4. The van der Waals surface area contributed by atoms with Crippen molar-refractivity contribution in [1.82, 2.24) is 4.90 Å². The summed E-state index contributed by atoms with van der Waals surface area (Å²) in [6.07, 6.45) is 3.70. The first-order valence-electron chi connectivity index (χ1n) is 8.25. The summed E-state index contributed by atoms with van der Waals surface area (Å²) >= 11 is 0. The number of likely N-dealkylation sites (tertiary alicyclic amines) is 1. The molecule has 2 aliphatic rings. The van der Waals surface area contributed by atoms with E-state index in [1.165, 1.54) is 6.26 Å². The SMILES string of the molecule is CS(=O)(=O)Cc1cccc(C(=O)N2CCCCC2C2OCCO2)c1. The van der Waals surface area contributed by atoms with Crippen molar-refractivity contribution in [2.45, 2.75) is 37.3 Å². The Morgan fingerprint density at radius 3 is 2.71 bits per heavy atom. The van der Waals surface area contributed by atoms with E-state index >= 15 is 0 Å². The summed E-state index contributed by atoms with van der Waals surface area (Å²) in [5.74, 6) is -0.152. The van der Waals surface area contributed by atoms with E-state index in [2.05, 4.69) is 0 Å². The number of sulfone groups is 1. The smallest absolute Gasteiger partial charge is 0.254 e. The van der Waals surface area contributed by atoms with E-state index in [0.29, 0.717) is 30.9 Å². The minimum absolute atomic E-state index is 0.0631. The maximum atomic E-state index is 13.0. The van der Waals surface area contributed by atoms with Crippen molar-refractivity contribution in [3.05, 3.63) is 35.4 Å². The van der Waals surface area contributed by atoms with Crippen molar-refractivity contribution < 1.29 is 22.7 Å². The van der Waals surface area contributed by atoms with E-state index in [1.807, 2.05) is 4.90 Å². The summed E-state index contributed by atoms with van der Waals surface area (Å²) in [5, 5.41) is 0. The van der Waals surface area contributed by atoms with Crippen molar-refractivity contribution in [3.63, 3.8) is 0 Å². The van der Waals surface area contributed by atoms with E-state index in [-0.39, 0.29) is 24.0 Å². The second kappa shape index (κ2) is 7.21. The third kappa shape index (κ3) is 4.15. The first-order chi connectivity index (χ1) is 11.4. The van der Waals surface area contributed by atoms with Gasteiger partial charge in [0.05, 0.1) is 25.0 Å². The van der Waals surface area contributed by atoms with E-state index in [9.17, 15) is 13.2 Å². The van der Waals surface area contributed by atoms with Gasteiger partial charge in [0.1, 0.15) is 0 Å². The maximum absolute atomic E-state index is 13.0. The van der Waals surface area contributed by atoms with Gasteiger partial charge in [-0.05, 0) is 37.0 Å². The van der Waals surface area contributed by atoms with E-state index in [4.69, 9.17) is 9.47 Å². The number of ether oxygens (including phenoxy) is 2. The molecule has 0 aliphatic carbocycles. The number of piperidine rings is 1.